The van der Waals surface area contributed by atoms with E-state index in [1.807, 2.05) is 13.8 Å². The maximum atomic E-state index is 6.31. The lowest BCUT2D eigenvalue weighted by Crippen LogP contribution is -2.16. The maximum absolute atomic E-state index is 6.31. The highest BCUT2D eigenvalue weighted by Gasteiger charge is 2.16. The summed E-state index contributed by atoms with van der Waals surface area (Å²) in [6.07, 6.45) is 9.40. The van der Waals surface area contributed by atoms with Crippen LogP contribution < -0.4 is 5.73 Å². The van der Waals surface area contributed by atoms with Gasteiger partial charge >= 0.3 is 0 Å². The van der Waals surface area contributed by atoms with Crippen LogP contribution in [0, 0.1) is 19.8 Å². The van der Waals surface area contributed by atoms with Gasteiger partial charge in [0.25, 0.3) is 0 Å². The van der Waals surface area contributed by atoms with Gasteiger partial charge in [0.1, 0.15) is 0 Å². The summed E-state index contributed by atoms with van der Waals surface area (Å²) >= 11 is 0. The molecule has 100 valence electrons. The average Bonchev–Trinajstić information content (AvgIpc) is 2.40. The fourth-order valence-electron chi connectivity index (χ4n) is 2.99. The lowest BCUT2D eigenvalue weighted by molar-refractivity contribution is 0.323. The molecule has 1 unspecified atom stereocenters. The van der Waals surface area contributed by atoms with Crippen LogP contribution in [0.2, 0.25) is 0 Å². The molecule has 3 heteroatoms. The Morgan fingerprint density at radius 1 is 1.22 bits per heavy atom. The first-order chi connectivity index (χ1) is 8.66. The van der Waals surface area contributed by atoms with Gasteiger partial charge in [-0.15, -0.1) is 0 Å². The van der Waals surface area contributed by atoms with Gasteiger partial charge in [-0.2, -0.15) is 10.2 Å². The first-order valence-electron chi connectivity index (χ1n) is 7.23. The van der Waals surface area contributed by atoms with Crippen molar-refractivity contribution in [3.8, 4) is 0 Å². The Labute approximate surface area is 110 Å². The normalized spacial score (nSPS) is 18.8. The van der Waals surface area contributed by atoms with E-state index in [0.29, 0.717) is 0 Å². The van der Waals surface area contributed by atoms with Gasteiger partial charge in [-0.05, 0) is 44.2 Å². The summed E-state index contributed by atoms with van der Waals surface area (Å²) in [6, 6.07) is 2.22. The molecule has 2 rings (SSSR count). The quantitative estimate of drug-likeness (QED) is 0.886. The minimum atomic E-state index is 0.126. The number of hydrogen-bond acceptors (Lipinski definition) is 3. The Bertz CT molecular complexity index is 383. The van der Waals surface area contributed by atoms with Crippen molar-refractivity contribution in [3.63, 3.8) is 0 Å². The minimum Gasteiger partial charge on any atom is -0.324 e. The van der Waals surface area contributed by atoms with E-state index in [1.54, 1.807) is 0 Å². The van der Waals surface area contributed by atoms with Crippen LogP contribution in [-0.2, 0) is 0 Å². The molecule has 1 aliphatic rings. The van der Waals surface area contributed by atoms with Crippen LogP contribution in [0.1, 0.15) is 67.9 Å². The van der Waals surface area contributed by atoms with E-state index in [-0.39, 0.29) is 6.04 Å². The number of aromatic nitrogens is 2. The molecular formula is C15H25N3. The molecular weight excluding hydrogens is 222 g/mol. The molecule has 18 heavy (non-hydrogen) atoms. The second-order valence-electron chi connectivity index (χ2n) is 5.71. The van der Waals surface area contributed by atoms with Gasteiger partial charge in [-0.25, -0.2) is 0 Å². The summed E-state index contributed by atoms with van der Waals surface area (Å²) in [5.74, 6) is 0.904. The summed E-state index contributed by atoms with van der Waals surface area (Å²) in [6.45, 7) is 3.98. The minimum absolute atomic E-state index is 0.126. The van der Waals surface area contributed by atoms with Crippen molar-refractivity contribution in [2.45, 2.75) is 64.8 Å². The molecule has 2 N–H and O–H groups in total. The van der Waals surface area contributed by atoms with Crippen molar-refractivity contribution in [2.24, 2.45) is 11.7 Å². The van der Waals surface area contributed by atoms with Crippen LogP contribution in [0.4, 0.5) is 0 Å². The van der Waals surface area contributed by atoms with Gasteiger partial charge in [0, 0.05) is 6.04 Å². The molecule has 0 spiro atoms. The zero-order chi connectivity index (χ0) is 13.0. The van der Waals surface area contributed by atoms with Crippen molar-refractivity contribution in [2.75, 3.05) is 0 Å². The second kappa shape index (κ2) is 6.28. The molecule has 0 aromatic carbocycles. The van der Waals surface area contributed by atoms with E-state index in [4.69, 9.17) is 5.73 Å². The van der Waals surface area contributed by atoms with Gasteiger partial charge in [-0.3, -0.25) is 0 Å². The highest BCUT2D eigenvalue weighted by atomic mass is 15.1. The number of rotatable bonds is 4. The number of aryl methyl sites for hydroxylation is 2. The summed E-state index contributed by atoms with van der Waals surface area (Å²) in [7, 11) is 0. The highest BCUT2D eigenvalue weighted by Crippen LogP contribution is 2.30. The number of nitrogens with two attached hydrogens (primary N) is 1. The molecule has 0 saturated heterocycles. The molecule has 0 radical (unpaired) electrons. The molecule has 0 amide bonds. The summed E-state index contributed by atoms with van der Waals surface area (Å²) in [5.41, 5.74) is 9.44. The van der Waals surface area contributed by atoms with Gasteiger partial charge in [0.05, 0.1) is 11.4 Å². The Kier molecular flexibility index (Phi) is 4.70. The molecule has 3 nitrogen and oxygen atoms in total. The Morgan fingerprint density at radius 2 is 1.94 bits per heavy atom. The molecule has 0 aliphatic heterocycles. The fourth-order valence-corrected chi connectivity index (χ4v) is 2.99. The number of nitrogens with zero attached hydrogens (tertiary/aromatic N) is 2. The predicted octanol–water partition coefficient (Wildman–Crippen LogP) is 3.45. The van der Waals surface area contributed by atoms with Gasteiger partial charge in [0.2, 0.25) is 0 Å². The third-order valence-corrected chi connectivity index (χ3v) is 4.15. The average molecular weight is 247 g/mol. The standard InChI is InChI=1S/C15H25N3/c1-11-10-14(12(2)18-17-11)15(16)9-8-13-6-4-3-5-7-13/h10,13,15H,3-9,16H2,1-2H3. The van der Waals surface area contributed by atoms with Gasteiger partial charge < -0.3 is 5.73 Å². The van der Waals surface area contributed by atoms with Crippen molar-refractivity contribution in [3.05, 3.63) is 23.0 Å². The molecule has 0 bridgehead atoms. The largest absolute Gasteiger partial charge is 0.324 e. The molecule has 1 aliphatic carbocycles. The van der Waals surface area contributed by atoms with Crippen LogP contribution in [0.25, 0.3) is 0 Å². The SMILES string of the molecule is Cc1cc(C(N)CCC2CCCCC2)c(C)nn1. The first kappa shape index (κ1) is 13.5. The van der Waals surface area contributed by atoms with Crippen LogP contribution >= 0.6 is 0 Å². The Balaban J connectivity index is 1.90. The van der Waals surface area contributed by atoms with Crippen LogP contribution in [-0.4, -0.2) is 10.2 Å². The van der Waals surface area contributed by atoms with E-state index in [2.05, 4.69) is 16.3 Å². The van der Waals surface area contributed by atoms with Crippen molar-refractivity contribution < 1.29 is 0 Å². The fraction of sp³-hybridized carbons (Fsp3) is 0.733. The summed E-state index contributed by atoms with van der Waals surface area (Å²) in [4.78, 5) is 0. The van der Waals surface area contributed by atoms with Crippen LogP contribution in [0.15, 0.2) is 6.07 Å². The monoisotopic (exact) mass is 247 g/mol. The first-order valence-corrected chi connectivity index (χ1v) is 7.23. The highest BCUT2D eigenvalue weighted by molar-refractivity contribution is 5.23. The van der Waals surface area contributed by atoms with Crippen molar-refractivity contribution in [1.29, 1.82) is 0 Å². The van der Waals surface area contributed by atoms with Gasteiger partial charge in [-0.1, -0.05) is 32.1 Å². The predicted molar refractivity (Wildman–Crippen MR) is 74.2 cm³/mol. The van der Waals surface area contributed by atoms with Crippen LogP contribution in [0.5, 0.6) is 0 Å². The molecule has 1 fully saturated rings. The van der Waals surface area contributed by atoms with Crippen molar-refractivity contribution in [1.82, 2.24) is 10.2 Å². The molecule has 1 aromatic rings. The van der Waals surface area contributed by atoms with E-state index in [1.165, 1.54) is 44.1 Å². The second-order valence-corrected chi connectivity index (χ2v) is 5.71. The zero-order valence-electron chi connectivity index (χ0n) is 11.7. The topological polar surface area (TPSA) is 51.8 Å². The maximum Gasteiger partial charge on any atom is 0.0648 e. The lowest BCUT2D eigenvalue weighted by atomic mass is 9.84. The molecule has 1 saturated carbocycles. The Morgan fingerprint density at radius 3 is 2.67 bits per heavy atom. The molecule has 1 aromatic heterocycles. The van der Waals surface area contributed by atoms with E-state index in [0.717, 1.165) is 23.7 Å². The van der Waals surface area contributed by atoms with Crippen molar-refractivity contribution >= 4 is 0 Å². The number of hydrogen-bond donors (Lipinski definition) is 1. The van der Waals surface area contributed by atoms with Crippen LogP contribution in [0.3, 0.4) is 0 Å². The summed E-state index contributed by atoms with van der Waals surface area (Å²) in [5, 5.41) is 8.23. The zero-order valence-corrected chi connectivity index (χ0v) is 11.7. The Hall–Kier alpha value is -0.960. The molecule has 1 heterocycles. The third kappa shape index (κ3) is 3.52. The van der Waals surface area contributed by atoms with E-state index in [9.17, 15) is 0 Å². The third-order valence-electron chi connectivity index (χ3n) is 4.15. The lowest BCUT2D eigenvalue weighted by Gasteiger charge is -2.23. The summed E-state index contributed by atoms with van der Waals surface area (Å²) < 4.78 is 0. The van der Waals surface area contributed by atoms with E-state index < -0.39 is 0 Å². The molecule has 1 atom stereocenters. The van der Waals surface area contributed by atoms with E-state index >= 15 is 0 Å². The smallest absolute Gasteiger partial charge is 0.0648 e. The van der Waals surface area contributed by atoms with Gasteiger partial charge in [0.15, 0.2) is 0 Å².